The summed E-state index contributed by atoms with van der Waals surface area (Å²) >= 11 is 0. The Labute approximate surface area is 214 Å². The summed E-state index contributed by atoms with van der Waals surface area (Å²) in [4.78, 5) is 41.1. The summed E-state index contributed by atoms with van der Waals surface area (Å²) < 4.78 is 5.35. The Morgan fingerprint density at radius 3 is 2.06 bits per heavy atom. The first-order valence-electron chi connectivity index (χ1n) is 12.0. The number of amides is 3. The van der Waals surface area contributed by atoms with E-state index in [1.54, 1.807) is 39.8 Å². The molecule has 0 bridgehead atoms. The van der Waals surface area contributed by atoms with Gasteiger partial charge in [-0.2, -0.15) is 0 Å². The minimum absolute atomic E-state index is 0.0910. The third-order valence-electron chi connectivity index (χ3n) is 5.85. The molecular weight excluding hydrogens is 458 g/mol. The average molecular weight is 498 g/mol. The second-order valence-electron chi connectivity index (χ2n) is 10.5. The van der Waals surface area contributed by atoms with Crippen LogP contribution in [0.2, 0.25) is 0 Å². The van der Waals surface area contributed by atoms with Crippen LogP contribution in [-0.4, -0.2) is 46.6 Å². The summed E-state index contributed by atoms with van der Waals surface area (Å²) in [6, 6.07) is 8.57. The van der Waals surface area contributed by atoms with Crippen LogP contribution in [0.15, 0.2) is 36.4 Å². The maximum atomic E-state index is 13.7. The summed E-state index contributed by atoms with van der Waals surface area (Å²) in [5.74, 6) is -1.03. The number of rotatable bonds is 7. The lowest BCUT2D eigenvalue weighted by Gasteiger charge is -2.33. The van der Waals surface area contributed by atoms with Gasteiger partial charge in [-0.15, -0.1) is 0 Å². The number of aromatic hydroxyl groups is 1. The lowest BCUT2D eigenvalue weighted by molar-refractivity contribution is -0.140. The van der Waals surface area contributed by atoms with Crippen molar-refractivity contribution in [1.82, 2.24) is 10.2 Å². The Balaban J connectivity index is 2.45. The molecule has 0 aliphatic carbocycles. The highest BCUT2D eigenvalue weighted by atomic mass is 16.6. The quantitative estimate of drug-likeness (QED) is 0.499. The minimum Gasteiger partial charge on any atom is -0.508 e. The van der Waals surface area contributed by atoms with Gasteiger partial charge in [-0.1, -0.05) is 38.1 Å². The molecule has 2 aromatic rings. The summed E-state index contributed by atoms with van der Waals surface area (Å²) in [6.07, 6.45) is -0.708. The van der Waals surface area contributed by atoms with Gasteiger partial charge in [-0.05, 0) is 81.8 Å². The zero-order valence-corrected chi connectivity index (χ0v) is 22.7. The maximum Gasteiger partial charge on any atom is 0.408 e. The molecule has 0 radical (unpaired) electrons. The zero-order valence-electron chi connectivity index (χ0n) is 22.7. The number of nitrogens with one attached hydrogen (secondary N) is 2. The number of aryl methyl sites for hydroxylation is 3. The number of hydrogen-bond donors (Lipinski definition) is 3. The van der Waals surface area contributed by atoms with Crippen molar-refractivity contribution in [3.8, 4) is 5.75 Å². The van der Waals surface area contributed by atoms with Gasteiger partial charge < -0.3 is 25.4 Å². The lowest BCUT2D eigenvalue weighted by atomic mass is 9.98. The molecule has 0 saturated heterocycles. The van der Waals surface area contributed by atoms with Crippen LogP contribution in [0, 0.1) is 26.7 Å². The van der Waals surface area contributed by atoms with Crippen molar-refractivity contribution in [2.24, 2.45) is 5.92 Å². The van der Waals surface area contributed by atoms with E-state index in [1.165, 1.54) is 18.0 Å². The van der Waals surface area contributed by atoms with Gasteiger partial charge in [-0.3, -0.25) is 9.59 Å². The standard InChI is InChI=1S/C28H39N3O5/c1-16(2)22(30-27(35)36-28(6,7)8)26(34)31(9)24(20-13-14-21(32)19(5)15-20)25(33)29-23-17(3)11-10-12-18(23)4/h10-16,22,24,32H,1-9H3,(H,29,33)(H,30,35). The number of alkyl carbamates (subject to hydrolysis) is 1. The van der Waals surface area contributed by atoms with Gasteiger partial charge in [0, 0.05) is 12.7 Å². The number of carbonyl (C=O) groups excluding carboxylic acids is 3. The van der Waals surface area contributed by atoms with Gasteiger partial charge >= 0.3 is 6.09 Å². The first-order valence-corrected chi connectivity index (χ1v) is 12.0. The normalized spacial score (nSPS) is 13.1. The molecule has 3 N–H and O–H groups in total. The Bertz CT molecular complexity index is 1100. The second kappa shape index (κ2) is 11.5. The monoisotopic (exact) mass is 497 g/mol. The van der Waals surface area contributed by atoms with Crippen molar-refractivity contribution < 1.29 is 24.2 Å². The molecule has 0 fully saturated rings. The molecule has 8 heteroatoms. The fourth-order valence-electron chi connectivity index (χ4n) is 3.90. The van der Waals surface area contributed by atoms with Crippen LogP contribution >= 0.6 is 0 Å². The van der Waals surface area contributed by atoms with Crippen LogP contribution in [0.5, 0.6) is 5.75 Å². The number of carbonyl (C=O) groups is 3. The number of likely N-dealkylation sites (N-methyl/N-ethyl adjacent to an activating group) is 1. The Morgan fingerprint density at radius 2 is 1.56 bits per heavy atom. The molecule has 0 saturated carbocycles. The molecule has 36 heavy (non-hydrogen) atoms. The van der Waals surface area contributed by atoms with Crippen molar-refractivity contribution >= 4 is 23.6 Å². The number of ether oxygens (including phenoxy) is 1. The predicted octanol–water partition coefficient (Wildman–Crippen LogP) is 5.00. The van der Waals surface area contributed by atoms with Crippen molar-refractivity contribution in [3.05, 3.63) is 58.7 Å². The number of anilines is 1. The van der Waals surface area contributed by atoms with E-state index in [2.05, 4.69) is 10.6 Å². The number of phenolic OH excluding ortho intramolecular Hbond substituents is 1. The fourth-order valence-corrected chi connectivity index (χ4v) is 3.90. The van der Waals surface area contributed by atoms with E-state index < -0.39 is 35.6 Å². The van der Waals surface area contributed by atoms with Gasteiger partial charge in [0.1, 0.15) is 23.4 Å². The lowest BCUT2D eigenvalue weighted by Crippen LogP contribution is -2.53. The van der Waals surface area contributed by atoms with Crippen molar-refractivity contribution in [2.75, 3.05) is 12.4 Å². The van der Waals surface area contributed by atoms with E-state index in [4.69, 9.17) is 4.74 Å². The maximum absolute atomic E-state index is 13.7. The molecule has 8 nitrogen and oxygen atoms in total. The summed E-state index contributed by atoms with van der Waals surface area (Å²) in [6.45, 7) is 14.4. The molecular formula is C28H39N3O5. The van der Waals surface area contributed by atoms with E-state index in [-0.39, 0.29) is 11.7 Å². The number of hydrogen-bond acceptors (Lipinski definition) is 5. The molecule has 2 atom stereocenters. The molecule has 2 unspecified atom stereocenters. The van der Waals surface area contributed by atoms with Crippen molar-refractivity contribution in [1.29, 1.82) is 0 Å². The molecule has 0 aliphatic heterocycles. The Morgan fingerprint density at radius 1 is 0.972 bits per heavy atom. The van der Waals surface area contributed by atoms with Crippen molar-refractivity contribution in [2.45, 2.75) is 73.1 Å². The van der Waals surface area contributed by atoms with Crippen LogP contribution in [-0.2, 0) is 14.3 Å². The van der Waals surface area contributed by atoms with Crippen LogP contribution in [0.25, 0.3) is 0 Å². The molecule has 196 valence electrons. The summed E-state index contributed by atoms with van der Waals surface area (Å²) in [5, 5.41) is 15.7. The van der Waals surface area contributed by atoms with E-state index in [0.717, 1.165) is 11.1 Å². The Hall–Kier alpha value is -3.55. The molecule has 0 spiro atoms. The first kappa shape index (κ1) is 28.7. The molecule has 3 amide bonds. The largest absolute Gasteiger partial charge is 0.508 e. The first-order chi connectivity index (χ1) is 16.6. The number of phenols is 1. The number of nitrogens with zero attached hydrogens (tertiary/aromatic N) is 1. The molecule has 0 heterocycles. The van der Waals surface area contributed by atoms with Crippen molar-refractivity contribution in [3.63, 3.8) is 0 Å². The highest BCUT2D eigenvalue weighted by Gasteiger charge is 2.36. The van der Waals surface area contributed by atoms with Gasteiger partial charge in [-0.25, -0.2) is 4.79 Å². The smallest absolute Gasteiger partial charge is 0.408 e. The van der Waals surface area contributed by atoms with Crippen LogP contribution in [0.3, 0.4) is 0 Å². The third kappa shape index (κ3) is 7.23. The highest BCUT2D eigenvalue weighted by Crippen LogP contribution is 2.29. The Kier molecular flexibility index (Phi) is 9.13. The van der Waals surface area contributed by atoms with Gasteiger partial charge in [0.15, 0.2) is 0 Å². The number of benzene rings is 2. The number of para-hydroxylation sites is 1. The molecule has 0 aromatic heterocycles. The van der Waals surface area contributed by atoms with E-state index >= 15 is 0 Å². The minimum atomic E-state index is -1.02. The van der Waals surface area contributed by atoms with E-state index in [1.807, 2.05) is 45.9 Å². The average Bonchev–Trinajstić information content (AvgIpc) is 2.75. The van der Waals surface area contributed by atoms with Crippen LogP contribution in [0.1, 0.15) is 62.9 Å². The zero-order chi connectivity index (χ0) is 27.4. The molecule has 2 aromatic carbocycles. The fraction of sp³-hybridized carbons (Fsp3) is 0.464. The van der Waals surface area contributed by atoms with E-state index in [9.17, 15) is 19.5 Å². The van der Waals surface area contributed by atoms with Crippen LogP contribution in [0.4, 0.5) is 10.5 Å². The SMILES string of the molecule is Cc1cc(C(C(=O)Nc2c(C)cccc2C)N(C)C(=O)C(NC(=O)OC(C)(C)C)C(C)C)ccc1O. The topological polar surface area (TPSA) is 108 Å². The van der Waals surface area contributed by atoms with Crippen LogP contribution < -0.4 is 10.6 Å². The second-order valence-corrected chi connectivity index (χ2v) is 10.5. The molecule has 0 aliphatic rings. The highest BCUT2D eigenvalue weighted by molar-refractivity contribution is 5.99. The van der Waals surface area contributed by atoms with Gasteiger partial charge in [0.25, 0.3) is 5.91 Å². The summed E-state index contributed by atoms with van der Waals surface area (Å²) in [7, 11) is 1.53. The summed E-state index contributed by atoms with van der Waals surface area (Å²) in [5.41, 5.74) is 2.85. The third-order valence-corrected chi connectivity index (χ3v) is 5.85. The van der Waals surface area contributed by atoms with Gasteiger partial charge in [0.2, 0.25) is 5.91 Å². The van der Waals surface area contributed by atoms with E-state index in [0.29, 0.717) is 16.8 Å². The predicted molar refractivity (Wildman–Crippen MR) is 141 cm³/mol. The van der Waals surface area contributed by atoms with Gasteiger partial charge in [0.05, 0.1) is 0 Å². The molecule has 2 rings (SSSR count).